The Morgan fingerprint density at radius 3 is 2.67 bits per heavy atom. The van der Waals surface area contributed by atoms with Crippen molar-refractivity contribution in [2.45, 2.75) is 25.7 Å². The Labute approximate surface area is 113 Å². The zero-order chi connectivity index (χ0) is 13.7. The van der Waals surface area contributed by atoms with Gasteiger partial charge in [0.25, 0.3) is 6.43 Å². The third-order valence-electron chi connectivity index (χ3n) is 2.27. The molecule has 3 nitrogen and oxygen atoms in total. The second-order valence-electron chi connectivity index (χ2n) is 3.38. The van der Waals surface area contributed by atoms with Gasteiger partial charge in [-0.05, 0) is 12.5 Å². The molecule has 0 N–H and O–H groups in total. The van der Waals surface area contributed by atoms with Crippen LogP contribution in [0.15, 0.2) is 6.20 Å². The van der Waals surface area contributed by atoms with Gasteiger partial charge in [0.05, 0.1) is 18.9 Å². The van der Waals surface area contributed by atoms with Crippen molar-refractivity contribution in [3.05, 3.63) is 28.0 Å². The SMILES string of the molecule is CCOC(=O)Cc1c(C(F)F)cnc(Cl)c1CCl. The van der Waals surface area contributed by atoms with Gasteiger partial charge in [-0.1, -0.05) is 11.6 Å². The number of aromatic nitrogens is 1. The molecule has 0 atom stereocenters. The molecular formula is C11H11Cl2F2NO2. The molecular weight excluding hydrogens is 287 g/mol. The highest BCUT2D eigenvalue weighted by molar-refractivity contribution is 6.31. The standard InChI is InChI=1S/C11H11Cl2F2NO2/c1-2-18-9(17)3-6-7(4-12)10(13)16-5-8(6)11(14)15/h5,11H,2-4H2,1H3. The van der Waals surface area contributed by atoms with E-state index in [0.717, 1.165) is 6.20 Å². The maximum Gasteiger partial charge on any atom is 0.310 e. The van der Waals surface area contributed by atoms with Crippen LogP contribution in [0.5, 0.6) is 0 Å². The lowest BCUT2D eigenvalue weighted by Crippen LogP contribution is -2.12. The first-order chi connectivity index (χ1) is 8.51. The summed E-state index contributed by atoms with van der Waals surface area (Å²) < 4.78 is 30.4. The molecule has 0 unspecified atom stereocenters. The number of rotatable bonds is 5. The summed E-state index contributed by atoms with van der Waals surface area (Å²) in [5.74, 6) is -0.700. The number of carbonyl (C=O) groups excluding carboxylic acids is 1. The van der Waals surface area contributed by atoms with Crippen LogP contribution < -0.4 is 0 Å². The van der Waals surface area contributed by atoms with Gasteiger partial charge < -0.3 is 4.74 Å². The van der Waals surface area contributed by atoms with Crippen molar-refractivity contribution in [2.75, 3.05) is 6.61 Å². The van der Waals surface area contributed by atoms with Gasteiger partial charge in [0.15, 0.2) is 0 Å². The first-order valence-electron chi connectivity index (χ1n) is 5.17. The minimum Gasteiger partial charge on any atom is -0.466 e. The number of carbonyl (C=O) groups is 1. The molecule has 7 heteroatoms. The Morgan fingerprint density at radius 2 is 2.17 bits per heavy atom. The molecule has 0 bridgehead atoms. The van der Waals surface area contributed by atoms with E-state index in [-0.39, 0.29) is 40.8 Å². The molecule has 0 aromatic carbocycles. The highest BCUT2D eigenvalue weighted by Crippen LogP contribution is 2.30. The van der Waals surface area contributed by atoms with Crippen LogP contribution >= 0.6 is 23.2 Å². The summed E-state index contributed by atoms with van der Waals surface area (Å²) in [6.45, 7) is 1.81. The first kappa shape index (κ1) is 15.1. The number of halogens is 4. The lowest BCUT2D eigenvalue weighted by Gasteiger charge is -2.13. The molecule has 1 heterocycles. The van der Waals surface area contributed by atoms with Crippen molar-refractivity contribution in [3.8, 4) is 0 Å². The highest BCUT2D eigenvalue weighted by Gasteiger charge is 2.21. The summed E-state index contributed by atoms with van der Waals surface area (Å²) in [5, 5.41) is 0.0219. The Morgan fingerprint density at radius 1 is 1.50 bits per heavy atom. The van der Waals surface area contributed by atoms with E-state index < -0.39 is 12.4 Å². The predicted octanol–water partition coefficient (Wildman–Crippen LogP) is 3.52. The maximum absolute atomic E-state index is 12.8. The quantitative estimate of drug-likeness (QED) is 0.474. The smallest absolute Gasteiger partial charge is 0.310 e. The average molecular weight is 298 g/mol. The minimum atomic E-state index is -2.75. The number of alkyl halides is 3. The molecule has 0 aliphatic heterocycles. The van der Waals surface area contributed by atoms with Gasteiger partial charge in [-0.2, -0.15) is 0 Å². The molecule has 1 aromatic rings. The monoisotopic (exact) mass is 297 g/mol. The molecule has 1 aromatic heterocycles. The average Bonchev–Trinajstić information content (AvgIpc) is 2.29. The third-order valence-corrected chi connectivity index (χ3v) is 2.87. The number of hydrogen-bond acceptors (Lipinski definition) is 3. The van der Waals surface area contributed by atoms with Crippen molar-refractivity contribution in [1.29, 1.82) is 0 Å². The fourth-order valence-electron chi connectivity index (χ4n) is 1.47. The summed E-state index contributed by atoms with van der Waals surface area (Å²) in [4.78, 5) is 15.0. The van der Waals surface area contributed by atoms with Crippen LogP contribution in [0.3, 0.4) is 0 Å². The van der Waals surface area contributed by atoms with Crippen molar-refractivity contribution in [1.82, 2.24) is 4.98 Å². The van der Waals surface area contributed by atoms with E-state index in [0.29, 0.717) is 0 Å². The van der Waals surface area contributed by atoms with Gasteiger partial charge in [0.1, 0.15) is 5.15 Å². The number of ether oxygens (including phenoxy) is 1. The largest absolute Gasteiger partial charge is 0.466 e. The van der Waals surface area contributed by atoms with Crippen LogP contribution in [0.4, 0.5) is 8.78 Å². The normalized spacial score (nSPS) is 10.8. The van der Waals surface area contributed by atoms with E-state index >= 15 is 0 Å². The highest BCUT2D eigenvalue weighted by atomic mass is 35.5. The van der Waals surface area contributed by atoms with Crippen molar-refractivity contribution in [3.63, 3.8) is 0 Å². The zero-order valence-electron chi connectivity index (χ0n) is 9.55. The molecule has 0 amide bonds. The summed E-state index contributed by atoms with van der Waals surface area (Å²) in [7, 11) is 0. The molecule has 0 aliphatic carbocycles. The van der Waals surface area contributed by atoms with Crippen molar-refractivity contribution < 1.29 is 18.3 Å². The van der Waals surface area contributed by atoms with Crippen LogP contribution in [0.2, 0.25) is 5.15 Å². The van der Waals surface area contributed by atoms with E-state index in [1.165, 1.54) is 0 Å². The van der Waals surface area contributed by atoms with Gasteiger partial charge in [0, 0.05) is 17.3 Å². The van der Waals surface area contributed by atoms with Gasteiger partial charge in [-0.15, -0.1) is 11.6 Å². The van der Waals surface area contributed by atoms with Gasteiger partial charge in [-0.25, -0.2) is 13.8 Å². The molecule has 0 spiro atoms. The van der Waals surface area contributed by atoms with Crippen molar-refractivity contribution >= 4 is 29.2 Å². The summed E-state index contributed by atoms with van der Waals surface area (Å²) in [5.41, 5.74) is -0.00857. The second-order valence-corrected chi connectivity index (χ2v) is 4.00. The Hall–Kier alpha value is -0.940. The maximum atomic E-state index is 12.8. The summed E-state index contributed by atoms with van der Waals surface area (Å²) in [6.07, 6.45) is -2.09. The van der Waals surface area contributed by atoms with Gasteiger partial charge in [0.2, 0.25) is 0 Å². The van der Waals surface area contributed by atoms with E-state index in [9.17, 15) is 13.6 Å². The van der Waals surface area contributed by atoms with E-state index in [4.69, 9.17) is 27.9 Å². The lowest BCUT2D eigenvalue weighted by molar-refractivity contribution is -0.142. The molecule has 100 valence electrons. The zero-order valence-corrected chi connectivity index (χ0v) is 11.1. The molecule has 18 heavy (non-hydrogen) atoms. The first-order valence-corrected chi connectivity index (χ1v) is 6.08. The predicted molar refractivity (Wildman–Crippen MR) is 64.1 cm³/mol. The Kier molecular flexibility index (Phi) is 5.75. The van der Waals surface area contributed by atoms with Crippen LogP contribution in [0, 0.1) is 0 Å². The van der Waals surface area contributed by atoms with Crippen LogP contribution in [0.1, 0.15) is 30.0 Å². The van der Waals surface area contributed by atoms with E-state index in [2.05, 4.69) is 4.98 Å². The van der Waals surface area contributed by atoms with E-state index in [1.807, 2.05) is 0 Å². The number of esters is 1. The van der Waals surface area contributed by atoms with Gasteiger partial charge >= 0.3 is 5.97 Å². The molecule has 0 radical (unpaired) electrons. The Bertz CT molecular complexity index is 441. The van der Waals surface area contributed by atoms with Crippen LogP contribution in [-0.2, 0) is 21.8 Å². The fraction of sp³-hybridized carbons (Fsp3) is 0.455. The molecule has 0 aliphatic rings. The molecule has 1 rings (SSSR count). The van der Waals surface area contributed by atoms with Crippen LogP contribution in [0.25, 0.3) is 0 Å². The van der Waals surface area contributed by atoms with E-state index in [1.54, 1.807) is 6.92 Å². The number of pyridine rings is 1. The van der Waals surface area contributed by atoms with Gasteiger partial charge in [-0.3, -0.25) is 4.79 Å². The third kappa shape index (κ3) is 3.53. The molecule has 0 saturated heterocycles. The molecule has 0 fully saturated rings. The summed E-state index contributed by atoms with van der Waals surface area (Å²) >= 11 is 11.4. The van der Waals surface area contributed by atoms with Crippen LogP contribution in [-0.4, -0.2) is 17.6 Å². The number of nitrogens with zero attached hydrogens (tertiary/aromatic N) is 1. The summed E-state index contributed by atoms with van der Waals surface area (Å²) in [6, 6.07) is 0. The van der Waals surface area contributed by atoms with Crippen molar-refractivity contribution in [2.24, 2.45) is 0 Å². The Balaban J connectivity index is 3.19. The minimum absolute atomic E-state index is 0.0219. The second kappa shape index (κ2) is 6.85. The number of hydrogen-bond donors (Lipinski definition) is 0. The lowest BCUT2D eigenvalue weighted by atomic mass is 10.0. The molecule has 0 saturated carbocycles. The fourth-order valence-corrected chi connectivity index (χ4v) is 2.06. The topological polar surface area (TPSA) is 39.2 Å².